The minimum Gasteiger partial charge on any atom is -0.383 e. The van der Waals surface area contributed by atoms with Crippen molar-refractivity contribution >= 4 is 27.0 Å². The van der Waals surface area contributed by atoms with E-state index < -0.39 is 16.1 Å². The summed E-state index contributed by atoms with van der Waals surface area (Å²) in [5.41, 5.74) is 1.26. The molecule has 2 aromatic rings. The minimum atomic E-state index is -3.82. The smallest absolute Gasteiger partial charge is 0.243 e. The maximum Gasteiger partial charge on any atom is 0.243 e. The Kier molecular flexibility index (Phi) is 7.42. The van der Waals surface area contributed by atoms with E-state index >= 15 is 0 Å². The molecule has 32 heavy (non-hydrogen) atoms. The molecule has 9 nitrogen and oxygen atoms in total. The zero-order chi connectivity index (χ0) is 22.6. The third kappa shape index (κ3) is 4.97. The molecule has 1 saturated heterocycles. The lowest BCUT2D eigenvalue weighted by molar-refractivity contribution is -0.125. The number of sulfonamides is 1. The van der Waals surface area contributed by atoms with Gasteiger partial charge in [-0.05, 0) is 43.9 Å². The van der Waals surface area contributed by atoms with Crippen LogP contribution < -0.4 is 5.32 Å². The van der Waals surface area contributed by atoms with Gasteiger partial charge in [-0.3, -0.25) is 4.79 Å². The van der Waals surface area contributed by atoms with E-state index in [0.29, 0.717) is 38.1 Å². The fourth-order valence-electron chi connectivity index (χ4n) is 4.78. The molecule has 1 aliphatic carbocycles. The van der Waals surface area contributed by atoms with Crippen molar-refractivity contribution in [2.45, 2.75) is 81.3 Å². The number of rotatable bonds is 7. The van der Waals surface area contributed by atoms with Gasteiger partial charge in [-0.15, -0.1) is 5.10 Å². The number of hydrogen-bond acceptors (Lipinski definition) is 6. The fourth-order valence-corrected chi connectivity index (χ4v) is 6.46. The summed E-state index contributed by atoms with van der Waals surface area (Å²) in [5.74, 6) is -0.164. The van der Waals surface area contributed by atoms with E-state index in [0.717, 1.165) is 31.2 Å². The second kappa shape index (κ2) is 10.3. The van der Waals surface area contributed by atoms with E-state index in [9.17, 15) is 13.2 Å². The maximum absolute atomic E-state index is 13.4. The Labute approximate surface area is 189 Å². The second-order valence-corrected chi connectivity index (χ2v) is 10.7. The summed E-state index contributed by atoms with van der Waals surface area (Å²) in [5, 5.41) is 11.4. The Morgan fingerprint density at radius 1 is 1.12 bits per heavy atom. The van der Waals surface area contributed by atoms with Crippen molar-refractivity contribution in [3.8, 4) is 0 Å². The number of aromatic nitrogens is 3. The molecular formula is C22H33N5O4S. The van der Waals surface area contributed by atoms with Crippen LogP contribution in [-0.2, 0) is 26.1 Å². The molecular weight excluding hydrogens is 430 g/mol. The van der Waals surface area contributed by atoms with Crippen LogP contribution >= 0.6 is 0 Å². The number of methoxy groups -OCH3 is 1. The first-order valence-electron chi connectivity index (χ1n) is 11.6. The van der Waals surface area contributed by atoms with Gasteiger partial charge in [0.25, 0.3) is 0 Å². The first-order chi connectivity index (χ1) is 15.5. The largest absolute Gasteiger partial charge is 0.383 e. The highest BCUT2D eigenvalue weighted by molar-refractivity contribution is 7.89. The molecule has 1 amide bonds. The Hall–Kier alpha value is -2.04. The van der Waals surface area contributed by atoms with Gasteiger partial charge in [0, 0.05) is 19.7 Å². The SMILES string of the molecule is COCCn1nnc2cc(S(=O)(=O)N3CCC[C@@H]3C(=O)NC3CCCCCCC3)ccc21. The maximum atomic E-state index is 13.4. The predicted octanol–water partition coefficient (Wildman–Crippen LogP) is 2.46. The first-order valence-corrected chi connectivity index (χ1v) is 13.1. The highest BCUT2D eigenvalue weighted by Gasteiger charge is 2.40. The van der Waals surface area contributed by atoms with E-state index in [1.807, 2.05) is 0 Å². The monoisotopic (exact) mass is 463 g/mol. The number of nitrogens with one attached hydrogen (secondary N) is 1. The Bertz CT molecular complexity index is 1030. The van der Waals surface area contributed by atoms with Gasteiger partial charge in [-0.1, -0.05) is 37.3 Å². The van der Waals surface area contributed by atoms with E-state index in [1.54, 1.807) is 30.0 Å². The summed E-state index contributed by atoms with van der Waals surface area (Å²) in [6.07, 6.45) is 9.07. The summed E-state index contributed by atoms with van der Waals surface area (Å²) >= 11 is 0. The molecule has 0 bridgehead atoms. The summed E-state index contributed by atoms with van der Waals surface area (Å²) in [7, 11) is -2.20. The lowest BCUT2D eigenvalue weighted by Gasteiger charge is -2.27. The molecule has 1 saturated carbocycles. The van der Waals surface area contributed by atoms with Gasteiger partial charge in [0.1, 0.15) is 11.6 Å². The van der Waals surface area contributed by atoms with Gasteiger partial charge in [0.2, 0.25) is 15.9 Å². The molecule has 0 unspecified atom stereocenters. The molecule has 0 spiro atoms. The van der Waals surface area contributed by atoms with E-state index in [-0.39, 0.29) is 16.8 Å². The van der Waals surface area contributed by atoms with E-state index in [1.165, 1.54) is 23.6 Å². The predicted molar refractivity (Wildman–Crippen MR) is 121 cm³/mol. The minimum absolute atomic E-state index is 0.145. The Morgan fingerprint density at radius 2 is 1.88 bits per heavy atom. The molecule has 176 valence electrons. The van der Waals surface area contributed by atoms with Crippen LogP contribution in [0.2, 0.25) is 0 Å². The number of amides is 1. The molecule has 1 atom stereocenters. The van der Waals surface area contributed by atoms with Crippen LogP contribution in [0.25, 0.3) is 11.0 Å². The number of nitrogens with zero attached hydrogens (tertiary/aromatic N) is 4. The molecule has 1 aliphatic heterocycles. The average Bonchev–Trinajstić information content (AvgIpc) is 3.41. The average molecular weight is 464 g/mol. The van der Waals surface area contributed by atoms with Gasteiger partial charge < -0.3 is 10.1 Å². The lowest BCUT2D eigenvalue weighted by Crippen LogP contribution is -2.48. The van der Waals surface area contributed by atoms with Crippen molar-refractivity contribution in [3.63, 3.8) is 0 Å². The van der Waals surface area contributed by atoms with E-state index in [2.05, 4.69) is 15.6 Å². The highest BCUT2D eigenvalue weighted by atomic mass is 32.2. The number of benzene rings is 1. The van der Waals surface area contributed by atoms with Crippen LogP contribution in [0.15, 0.2) is 23.1 Å². The van der Waals surface area contributed by atoms with Crippen LogP contribution in [0.5, 0.6) is 0 Å². The Balaban J connectivity index is 1.50. The van der Waals surface area contributed by atoms with Crippen LogP contribution in [0.3, 0.4) is 0 Å². The third-order valence-electron chi connectivity index (χ3n) is 6.56. The zero-order valence-electron chi connectivity index (χ0n) is 18.7. The summed E-state index contributed by atoms with van der Waals surface area (Å²) in [4.78, 5) is 13.2. The van der Waals surface area contributed by atoms with Crippen molar-refractivity contribution in [1.29, 1.82) is 0 Å². The summed E-state index contributed by atoms with van der Waals surface area (Å²) < 4.78 is 35.0. The van der Waals surface area contributed by atoms with Crippen molar-refractivity contribution in [1.82, 2.24) is 24.6 Å². The van der Waals surface area contributed by atoms with Crippen LogP contribution in [0.4, 0.5) is 0 Å². The number of carbonyl (C=O) groups excluding carboxylic acids is 1. The van der Waals surface area contributed by atoms with Gasteiger partial charge in [-0.2, -0.15) is 4.31 Å². The molecule has 1 aromatic heterocycles. The molecule has 2 heterocycles. The van der Waals surface area contributed by atoms with Crippen LogP contribution in [-0.4, -0.2) is 66.0 Å². The Morgan fingerprint density at radius 3 is 2.62 bits per heavy atom. The van der Waals surface area contributed by atoms with Gasteiger partial charge in [0.15, 0.2) is 0 Å². The topological polar surface area (TPSA) is 106 Å². The fraction of sp³-hybridized carbons (Fsp3) is 0.682. The molecule has 2 fully saturated rings. The normalized spacial score (nSPS) is 21.5. The quantitative estimate of drug-likeness (QED) is 0.676. The summed E-state index contributed by atoms with van der Waals surface area (Å²) in [6, 6.07) is 4.33. The van der Waals surface area contributed by atoms with Crippen molar-refractivity contribution < 1.29 is 17.9 Å². The summed E-state index contributed by atoms with van der Waals surface area (Å²) in [6.45, 7) is 1.38. The lowest BCUT2D eigenvalue weighted by atomic mass is 9.96. The number of hydrogen-bond donors (Lipinski definition) is 1. The molecule has 2 aliphatic rings. The first kappa shape index (κ1) is 23.1. The van der Waals surface area contributed by atoms with Gasteiger partial charge in [-0.25, -0.2) is 13.1 Å². The molecule has 1 aromatic carbocycles. The van der Waals surface area contributed by atoms with E-state index in [4.69, 9.17) is 4.74 Å². The number of carbonyl (C=O) groups is 1. The molecule has 1 N–H and O–H groups in total. The number of ether oxygens (including phenoxy) is 1. The van der Waals surface area contributed by atoms with Crippen LogP contribution in [0.1, 0.15) is 57.8 Å². The molecule has 10 heteroatoms. The molecule has 4 rings (SSSR count). The van der Waals surface area contributed by atoms with Gasteiger partial charge >= 0.3 is 0 Å². The van der Waals surface area contributed by atoms with Gasteiger partial charge in [0.05, 0.1) is 23.6 Å². The highest BCUT2D eigenvalue weighted by Crippen LogP contribution is 2.28. The number of fused-ring (bicyclic) bond motifs is 1. The van der Waals surface area contributed by atoms with Crippen molar-refractivity contribution in [2.24, 2.45) is 0 Å². The van der Waals surface area contributed by atoms with Crippen molar-refractivity contribution in [3.05, 3.63) is 18.2 Å². The zero-order valence-corrected chi connectivity index (χ0v) is 19.5. The van der Waals surface area contributed by atoms with Crippen molar-refractivity contribution in [2.75, 3.05) is 20.3 Å². The standard InChI is InChI=1S/C22H33N5O4S/c1-31-15-14-26-20-12-11-18(16-19(20)24-25-26)32(29,30)27-13-7-10-21(27)22(28)23-17-8-5-3-2-4-6-9-17/h11-12,16-17,21H,2-10,13-15H2,1H3,(H,23,28)/t21-/m1/s1. The third-order valence-corrected chi connectivity index (χ3v) is 8.46. The second-order valence-electron chi connectivity index (χ2n) is 8.78. The van der Waals surface area contributed by atoms with Crippen LogP contribution in [0, 0.1) is 0 Å². The molecule has 0 radical (unpaired) electrons.